The van der Waals surface area contributed by atoms with E-state index in [4.69, 9.17) is 23.7 Å². The van der Waals surface area contributed by atoms with Crippen LogP contribution in [0.4, 0.5) is 17.6 Å². The number of aromatic hydroxyl groups is 1. The summed E-state index contributed by atoms with van der Waals surface area (Å²) in [6.07, 6.45) is 5.27. The predicted octanol–water partition coefficient (Wildman–Crippen LogP) is 4.61. The molecule has 2 spiro atoms. The lowest BCUT2D eigenvalue weighted by atomic mass is 9.87. The Kier molecular flexibility index (Phi) is 16.8. The molecule has 4 aliphatic rings. The van der Waals surface area contributed by atoms with Gasteiger partial charge in [0, 0.05) is 102 Å². The number of nitrogens with one attached hydrogen (secondary N) is 2. The lowest BCUT2D eigenvalue weighted by Gasteiger charge is -2.47. The summed E-state index contributed by atoms with van der Waals surface area (Å²) >= 11 is 0. The van der Waals surface area contributed by atoms with Gasteiger partial charge < -0.3 is 58.4 Å². The highest BCUT2D eigenvalue weighted by molar-refractivity contribution is 6.00. The van der Waals surface area contributed by atoms with Gasteiger partial charge in [0.25, 0.3) is 23.6 Å². The third-order valence-electron chi connectivity index (χ3n) is 13.7. The van der Waals surface area contributed by atoms with Gasteiger partial charge in [-0.25, -0.2) is 17.6 Å². The number of carbonyl (C=O) groups is 4. The van der Waals surface area contributed by atoms with Gasteiger partial charge in [0.1, 0.15) is 41.0 Å². The van der Waals surface area contributed by atoms with Crippen LogP contribution in [0.1, 0.15) is 84.1 Å². The van der Waals surface area contributed by atoms with Crippen molar-refractivity contribution >= 4 is 23.6 Å². The largest absolute Gasteiger partial charge is 0.503 e. The van der Waals surface area contributed by atoms with Gasteiger partial charge in [-0.2, -0.15) is 0 Å². The Balaban J connectivity index is 0.000000203. The molecule has 2 atom stereocenters. The number of methoxy groups -OCH3 is 2. The molecule has 75 heavy (non-hydrogen) atoms. The van der Waals surface area contributed by atoms with Crippen LogP contribution in [0.3, 0.4) is 0 Å². The molecule has 18 nitrogen and oxygen atoms in total. The van der Waals surface area contributed by atoms with E-state index in [-0.39, 0.29) is 86.4 Å². The Morgan fingerprint density at radius 3 is 1.61 bits per heavy atom. The maximum Gasteiger partial charge on any atom is 0.274 e. The Bertz CT molecular complexity index is 3070. The molecule has 3 N–H and O–H groups in total. The summed E-state index contributed by atoms with van der Waals surface area (Å²) in [5, 5.41) is 15.7. The highest BCUT2D eigenvalue weighted by atomic mass is 19.1. The highest BCUT2D eigenvalue weighted by Crippen LogP contribution is 2.38. The standard InChI is InChI=1S/C30H31F2N3O6.C23H25F2N3O6/c1-39-13-11-34-18-30(10-5-12-40-19-30)35-16-23(28(37)33-15-21-8-9-22(31)14-24(21)32)26(36)27(25(35)29(34)38)41-17-20-6-3-2-4-7-20;1-33-8-6-27-12-23(5-2-7-34-13-23)28-11-16(19(29)20(30)18(28)22(27)32)21(31)26-10-14-3-4-15(24)9-17(14)25/h2-4,6-9,14,16H,5,10-13,15,17-19H2,1H3,(H,33,37);3-4,9,11,30H,2,5-8,10,12-13H2,1H3,(H,26,31). The van der Waals surface area contributed by atoms with E-state index in [0.717, 1.165) is 23.8 Å². The van der Waals surface area contributed by atoms with Crippen LogP contribution in [0.5, 0.6) is 11.5 Å². The van der Waals surface area contributed by atoms with Crippen LogP contribution in [0.25, 0.3) is 0 Å². The first-order chi connectivity index (χ1) is 36.1. The van der Waals surface area contributed by atoms with E-state index in [1.807, 2.05) is 30.3 Å². The van der Waals surface area contributed by atoms with Gasteiger partial charge >= 0.3 is 0 Å². The van der Waals surface area contributed by atoms with Crippen molar-refractivity contribution in [2.24, 2.45) is 0 Å². The van der Waals surface area contributed by atoms with E-state index < -0.39 is 80.1 Å². The van der Waals surface area contributed by atoms with Gasteiger partial charge in [-0.15, -0.1) is 0 Å². The van der Waals surface area contributed by atoms with Crippen LogP contribution < -0.4 is 26.2 Å². The number of rotatable bonds is 15. The fraction of sp³-hybridized carbons (Fsp3) is 0.396. The number of ether oxygens (including phenoxy) is 5. The molecule has 6 heterocycles. The lowest BCUT2D eigenvalue weighted by Crippen LogP contribution is -2.59. The smallest absolute Gasteiger partial charge is 0.274 e. The minimum Gasteiger partial charge on any atom is -0.503 e. The van der Waals surface area contributed by atoms with Crippen LogP contribution in [0, 0.1) is 23.3 Å². The zero-order valence-corrected chi connectivity index (χ0v) is 41.3. The van der Waals surface area contributed by atoms with Crippen LogP contribution in [-0.2, 0) is 49.7 Å². The number of carbonyl (C=O) groups excluding carboxylic acids is 4. The van der Waals surface area contributed by atoms with Crippen molar-refractivity contribution in [1.29, 1.82) is 0 Å². The molecule has 0 bridgehead atoms. The van der Waals surface area contributed by atoms with Crippen LogP contribution in [0.2, 0.25) is 0 Å². The molecule has 2 aromatic heterocycles. The molecule has 398 valence electrons. The lowest BCUT2D eigenvalue weighted by molar-refractivity contribution is -0.0295. The van der Waals surface area contributed by atoms with Gasteiger partial charge in [0.2, 0.25) is 10.9 Å². The first-order valence-corrected chi connectivity index (χ1v) is 24.2. The molecule has 0 radical (unpaired) electrons. The third-order valence-corrected chi connectivity index (χ3v) is 13.7. The Morgan fingerprint density at radius 2 is 1.15 bits per heavy atom. The number of halogens is 4. The molecule has 5 aromatic rings. The zero-order chi connectivity index (χ0) is 53.4. The van der Waals surface area contributed by atoms with Crippen molar-refractivity contribution < 1.29 is 65.5 Å². The minimum atomic E-state index is -1.02. The van der Waals surface area contributed by atoms with E-state index in [2.05, 4.69) is 10.6 Å². The van der Waals surface area contributed by atoms with Gasteiger partial charge in [-0.05, 0) is 43.4 Å². The highest BCUT2D eigenvalue weighted by Gasteiger charge is 2.48. The molecule has 4 amide bonds. The van der Waals surface area contributed by atoms with Crippen LogP contribution in [0.15, 0.2) is 88.7 Å². The van der Waals surface area contributed by atoms with Crippen molar-refractivity contribution in [2.75, 3.05) is 80.0 Å². The fourth-order valence-electron chi connectivity index (χ4n) is 9.78. The number of hydrogen-bond acceptors (Lipinski definition) is 12. The molecule has 2 saturated heterocycles. The summed E-state index contributed by atoms with van der Waals surface area (Å²) in [5.41, 5.74) is -3.28. The van der Waals surface area contributed by atoms with Gasteiger partial charge in [0.05, 0.1) is 37.5 Å². The molecule has 22 heteroatoms. The van der Waals surface area contributed by atoms with Crippen molar-refractivity contribution in [3.05, 3.63) is 162 Å². The number of amides is 4. The molecular weight excluding hydrogens is 989 g/mol. The molecule has 0 saturated carbocycles. The quantitative estimate of drug-likeness (QED) is 0.123. The number of aromatic nitrogens is 2. The Morgan fingerprint density at radius 1 is 0.667 bits per heavy atom. The average Bonchev–Trinajstić information content (AvgIpc) is 3.42. The summed E-state index contributed by atoms with van der Waals surface area (Å²) in [6.45, 7) is 2.67. The first kappa shape index (κ1) is 53.9. The summed E-state index contributed by atoms with van der Waals surface area (Å²) in [7, 11) is 3.05. The predicted molar refractivity (Wildman–Crippen MR) is 261 cm³/mol. The Labute approximate surface area is 427 Å². The average molecular weight is 1050 g/mol. The Hall–Kier alpha value is -7.40. The molecule has 4 aliphatic heterocycles. The van der Waals surface area contributed by atoms with Crippen molar-refractivity contribution in [3.63, 3.8) is 0 Å². The number of fused-ring (bicyclic) bond motifs is 4. The number of pyridine rings is 2. The maximum atomic E-state index is 14.2. The SMILES string of the molecule is COCCN1CC2(CCCOC2)n2cc(C(=O)NCc3ccc(F)cc3F)c(=O)c(O)c2C1=O.COCCN1CC2(CCCOC2)n2cc(C(=O)NCc3ccc(F)cc3F)c(=O)c(OCc3ccccc3)c2C1=O. The minimum absolute atomic E-state index is 0.0101. The molecule has 0 aliphatic carbocycles. The van der Waals surface area contributed by atoms with E-state index in [1.54, 1.807) is 16.6 Å². The van der Waals surface area contributed by atoms with Crippen molar-refractivity contribution in [1.82, 2.24) is 29.6 Å². The second kappa shape index (κ2) is 23.4. The molecule has 2 unspecified atom stereocenters. The van der Waals surface area contributed by atoms with E-state index in [0.29, 0.717) is 64.7 Å². The summed E-state index contributed by atoms with van der Waals surface area (Å²) in [4.78, 5) is 82.9. The normalized spacial score (nSPS) is 19.0. The molecule has 3 aromatic carbocycles. The van der Waals surface area contributed by atoms with Crippen LogP contribution in [-0.4, -0.2) is 128 Å². The second-order valence-electron chi connectivity index (χ2n) is 18.7. The summed E-state index contributed by atoms with van der Waals surface area (Å²) in [5.74, 6) is -6.85. The topological polar surface area (TPSA) is 209 Å². The van der Waals surface area contributed by atoms with Gasteiger partial charge in [-0.3, -0.25) is 28.8 Å². The maximum absolute atomic E-state index is 14.2. The molecule has 2 fully saturated rings. The van der Waals surface area contributed by atoms with Gasteiger partial charge in [0.15, 0.2) is 22.9 Å². The van der Waals surface area contributed by atoms with Gasteiger partial charge in [-0.1, -0.05) is 42.5 Å². The zero-order valence-electron chi connectivity index (χ0n) is 41.3. The second-order valence-corrected chi connectivity index (χ2v) is 18.7. The number of hydrogen-bond donors (Lipinski definition) is 3. The third kappa shape index (κ3) is 11.5. The van der Waals surface area contributed by atoms with Crippen LogP contribution >= 0.6 is 0 Å². The molecule has 9 rings (SSSR count). The van der Waals surface area contributed by atoms with E-state index >= 15 is 0 Å². The summed E-state index contributed by atoms with van der Waals surface area (Å²) in [6, 6.07) is 15.1. The monoisotopic (exact) mass is 1040 g/mol. The first-order valence-electron chi connectivity index (χ1n) is 24.2. The molecular formula is C53H56F4N6O12. The fourth-order valence-corrected chi connectivity index (χ4v) is 9.78. The summed E-state index contributed by atoms with van der Waals surface area (Å²) < 4.78 is 85.6. The van der Waals surface area contributed by atoms with E-state index in [9.17, 15) is 51.4 Å². The number of nitrogens with zero attached hydrogens (tertiary/aromatic N) is 4. The van der Waals surface area contributed by atoms with Crippen molar-refractivity contribution in [2.45, 2.75) is 56.5 Å². The van der Waals surface area contributed by atoms with Crippen molar-refractivity contribution in [3.8, 4) is 11.5 Å². The number of benzene rings is 3. The van der Waals surface area contributed by atoms with E-state index in [1.165, 1.54) is 41.1 Å².